The molecule has 2 aliphatic rings. The number of carbonyl (C=O) groups excluding carboxylic acids is 2. The molecule has 1 saturated heterocycles. The summed E-state index contributed by atoms with van der Waals surface area (Å²) >= 11 is 2.34. The van der Waals surface area contributed by atoms with Gasteiger partial charge in [0.05, 0.1) is 12.4 Å². The zero-order valence-electron chi connectivity index (χ0n) is 17.7. The van der Waals surface area contributed by atoms with E-state index in [2.05, 4.69) is 25.3 Å². The number of carboxylic acid groups (broad SMARTS) is 2. The summed E-state index contributed by atoms with van der Waals surface area (Å²) in [6, 6.07) is -1.03. The predicted molar refractivity (Wildman–Crippen MR) is 121 cm³/mol. The maximum atomic E-state index is 12.9. The molecule has 0 radical (unpaired) electrons. The quantitative estimate of drug-likeness (QED) is 0.132. The number of nitrogens with one attached hydrogen (secondary N) is 1. The molecule has 0 saturated carbocycles. The molecule has 0 spiro atoms. The van der Waals surface area contributed by atoms with E-state index in [0.29, 0.717) is 11.3 Å². The van der Waals surface area contributed by atoms with Crippen LogP contribution in [-0.2, 0) is 30.6 Å². The highest BCUT2D eigenvalue weighted by Crippen LogP contribution is 2.40. The molecule has 35 heavy (non-hydrogen) atoms. The second-order valence-corrected chi connectivity index (χ2v) is 9.21. The summed E-state index contributed by atoms with van der Waals surface area (Å²) in [5.41, 5.74) is 5.70. The van der Waals surface area contributed by atoms with E-state index in [1.54, 1.807) is 29.4 Å². The molecular weight excluding hydrogens is 502 g/mol. The first-order chi connectivity index (χ1) is 16.8. The fourth-order valence-electron chi connectivity index (χ4n) is 3.44. The van der Waals surface area contributed by atoms with Crippen LogP contribution in [0.1, 0.15) is 5.69 Å². The lowest BCUT2D eigenvalue weighted by molar-refractivity contribution is -0.689. The molecule has 2 atom stereocenters. The van der Waals surface area contributed by atoms with Gasteiger partial charge in [-0.15, -0.1) is 23.1 Å². The number of carboxylic acids is 2. The molecule has 1 fully saturated rings. The summed E-state index contributed by atoms with van der Waals surface area (Å²) in [6.07, 6.45) is 6.50. The Bertz CT molecular complexity index is 1250. The van der Waals surface area contributed by atoms with Crippen LogP contribution in [0.3, 0.4) is 0 Å². The summed E-state index contributed by atoms with van der Waals surface area (Å²) < 4.78 is 1.75. The van der Waals surface area contributed by atoms with Crippen molar-refractivity contribution in [2.75, 3.05) is 18.1 Å². The molecule has 0 aliphatic carbocycles. The molecule has 1 unspecified atom stereocenters. The number of aromatic nitrogens is 3. The predicted octanol–water partition coefficient (Wildman–Crippen LogP) is -1.35. The van der Waals surface area contributed by atoms with Gasteiger partial charge in [-0.1, -0.05) is 5.16 Å². The first-order valence-electron chi connectivity index (χ1n) is 9.89. The van der Waals surface area contributed by atoms with Gasteiger partial charge in [-0.3, -0.25) is 19.5 Å². The number of nitrogen functional groups attached to an aromatic ring is 1. The average molecular weight is 521 g/mol. The normalized spacial score (nSPS) is 19.6. The number of aliphatic carboxylic acids is 2. The van der Waals surface area contributed by atoms with Crippen LogP contribution in [0.25, 0.3) is 0 Å². The van der Waals surface area contributed by atoms with Crippen molar-refractivity contribution in [2.24, 2.45) is 5.16 Å². The molecule has 16 heteroatoms. The van der Waals surface area contributed by atoms with E-state index in [1.165, 1.54) is 17.1 Å². The van der Waals surface area contributed by atoms with E-state index >= 15 is 0 Å². The van der Waals surface area contributed by atoms with Gasteiger partial charge in [0, 0.05) is 16.7 Å². The van der Waals surface area contributed by atoms with Crippen molar-refractivity contribution in [3.05, 3.63) is 47.1 Å². The van der Waals surface area contributed by atoms with Crippen LogP contribution in [0.15, 0.2) is 46.6 Å². The van der Waals surface area contributed by atoms with E-state index in [9.17, 15) is 24.3 Å². The van der Waals surface area contributed by atoms with Crippen LogP contribution in [0.2, 0.25) is 0 Å². The molecule has 0 aromatic carbocycles. The number of thioether (sulfide) groups is 1. The minimum Gasteiger partial charge on any atom is -0.479 e. The molecule has 2 amide bonds. The second-order valence-electron chi connectivity index (χ2n) is 7.21. The Morgan fingerprint density at radius 2 is 2.06 bits per heavy atom. The van der Waals surface area contributed by atoms with Crippen molar-refractivity contribution >= 4 is 57.7 Å². The van der Waals surface area contributed by atoms with Crippen molar-refractivity contribution in [2.45, 2.75) is 18.0 Å². The monoisotopic (exact) mass is 520 g/mol. The van der Waals surface area contributed by atoms with Gasteiger partial charge in [0.15, 0.2) is 29.8 Å². The maximum absolute atomic E-state index is 12.9. The Hall–Kier alpha value is -4.05. The minimum absolute atomic E-state index is 0.0399. The fraction of sp³-hybridized carbons (Fsp3) is 0.263. The number of thiazole rings is 1. The highest BCUT2D eigenvalue weighted by atomic mass is 32.2. The summed E-state index contributed by atoms with van der Waals surface area (Å²) in [7, 11) is 0. The lowest BCUT2D eigenvalue weighted by Gasteiger charge is -2.49. The Morgan fingerprint density at radius 1 is 1.31 bits per heavy atom. The molecule has 2 aliphatic heterocycles. The Kier molecular flexibility index (Phi) is 6.92. The van der Waals surface area contributed by atoms with Crippen LogP contribution >= 0.6 is 23.1 Å². The van der Waals surface area contributed by atoms with E-state index in [1.807, 2.05) is 0 Å². The van der Waals surface area contributed by atoms with Crippen molar-refractivity contribution in [3.8, 4) is 0 Å². The van der Waals surface area contributed by atoms with Gasteiger partial charge in [-0.05, 0) is 0 Å². The number of amides is 2. The fourth-order valence-corrected chi connectivity index (χ4v) is 5.32. The molecule has 4 heterocycles. The lowest BCUT2D eigenvalue weighted by Crippen LogP contribution is -2.71. The van der Waals surface area contributed by atoms with Crippen molar-refractivity contribution in [1.82, 2.24) is 20.2 Å². The van der Waals surface area contributed by atoms with E-state index < -0.39 is 41.8 Å². The molecule has 4 rings (SSSR count). The highest BCUT2D eigenvalue weighted by molar-refractivity contribution is 8.00. The van der Waals surface area contributed by atoms with Crippen LogP contribution in [0, 0.1) is 0 Å². The number of carbonyl (C=O) groups is 4. The lowest BCUT2D eigenvalue weighted by atomic mass is 10.0. The topological polar surface area (TPSA) is 201 Å². The van der Waals surface area contributed by atoms with Gasteiger partial charge in [0.2, 0.25) is 6.61 Å². The van der Waals surface area contributed by atoms with Gasteiger partial charge in [-0.2, -0.15) is 4.57 Å². The average Bonchev–Trinajstić information content (AvgIpc) is 3.25. The smallest absolute Gasteiger partial charge is 0.352 e. The summed E-state index contributed by atoms with van der Waals surface area (Å²) in [4.78, 5) is 62.3. The van der Waals surface area contributed by atoms with E-state index in [4.69, 9.17) is 10.8 Å². The van der Waals surface area contributed by atoms with Gasteiger partial charge < -0.3 is 26.1 Å². The number of rotatable bonds is 9. The van der Waals surface area contributed by atoms with E-state index in [-0.39, 0.29) is 28.8 Å². The first kappa shape index (κ1) is 24.1. The Labute approximate surface area is 205 Å². The third kappa shape index (κ3) is 5.07. The van der Waals surface area contributed by atoms with Crippen molar-refractivity contribution in [3.63, 3.8) is 0 Å². The highest BCUT2D eigenvalue weighted by Gasteiger charge is 2.54. The van der Waals surface area contributed by atoms with Crippen LogP contribution < -0.4 is 15.6 Å². The third-order valence-corrected chi connectivity index (χ3v) is 6.94. The van der Waals surface area contributed by atoms with Crippen LogP contribution in [-0.4, -0.2) is 78.3 Å². The molecule has 5 N–H and O–H groups in total. The summed E-state index contributed by atoms with van der Waals surface area (Å²) in [5.74, 6) is -3.68. The Morgan fingerprint density at radius 3 is 2.69 bits per heavy atom. The number of hydrogen-bond acceptors (Lipinski definition) is 11. The molecule has 2 aromatic rings. The van der Waals surface area contributed by atoms with Gasteiger partial charge in [-0.25, -0.2) is 14.6 Å². The summed E-state index contributed by atoms with van der Waals surface area (Å²) in [5, 5.41) is 25.5. The minimum atomic E-state index is -1.30. The van der Waals surface area contributed by atoms with Gasteiger partial charge in [0.25, 0.3) is 11.8 Å². The van der Waals surface area contributed by atoms with Gasteiger partial charge in [0.1, 0.15) is 22.8 Å². The molecule has 0 bridgehead atoms. The van der Waals surface area contributed by atoms with Crippen molar-refractivity contribution in [1.29, 1.82) is 0 Å². The van der Waals surface area contributed by atoms with Crippen LogP contribution in [0.4, 0.5) is 5.13 Å². The molecular formula is C19H18N7O7S2+. The number of β-lactam (4-membered cyclic amide) rings is 1. The number of hydrogen-bond donors (Lipinski definition) is 4. The standard InChI is InChI=1S/C19H17N7O7S2/c20-19-22-10(8-35-19)12(24-33-6-11(27)28)15(29)23-13-16(30)26-14(18(31)32)9(7-34-17(13)26)5-25-3-1-21-2-4-25/h1-4,8,13,17H,5-7H2,(H4-,20,22,23,27,28,29,31,32)/p+1/b24-12+/t13?,17-/m1/s1. The number of anilines is 1. The maximum Gasteiger partial charge on any atom is 0.352 e. The summed E-state index contributed by atoms with van der Waals surface area (Å²) in [6.45, 7) is -0.538. The number of fused-ring (bicyclic) bond motifs is 1. The molecule has 182 valence electrons. The van der Waals surface area contributed by atoms with Gasteiger partial charge >= 0.3 is 11.9 Å². The SMILES string of the molecule is Nc1nc(/C(=N\OCC(=O)O)C(=O)NC2C(=O)N3C(C(=O)O)=C(C[n+]4ccncc4)CS[C@H]23)cs1. The number of oxime groups is 1. The van der Waals surface area contributed by atoms with E-state index in [0.717, 1.165) is 16.2 Å². The molecule has 2 aromatic heterocycles. The second kappa shape index (κ2) is 10.1. The number of nitrogens with zero attached hydrogens (tertiary/aromatic N) is 5. The zero-order valence-corrected chi connectivity index (χ0v) is 19.4. The zero-order chi connectivity index (χ0) is 25.1. The molecule has 14 nitrogen and oxygen atoms in total. The number of nitrogens with two attached hydrogens (primary N) is 1. The third-order valence-electron chi connectivity index (χ3n) is 4.92. The largest absolute Gasteiger partial charge is 0.479 e. The Balaban J connectivity index is 1.52. The van der Waals surface area contributed by atoms with Crippen LogP contribution in [0.5, 0.6) is 0 Å². The van der Waals surface area contributed by atoms with Crippen molar-refractivity contribution < 1.29 is 38.8 Å². The first-order valence-corrected chi connectivity index (χ1v) is 11.8.